The number of nitrogens with zero attached hydrogens (tertiary/aromatic N) is 1. The maximum atomic E-state index is 11.4. The van der Waals surface area contributed by atoms with Crippen LogP contribution >= 0.6 is 0 Å². The van der Waals surface area contributed by atoms with Gasteiger partial charge < -0.3 is 15.0 Å². The van der Waals surface area contributed by atoms with Crippen LogP contribution in [0.15, 0.2) is 30.3 Å². The SMILES string of the molecule is CN[C@@H](COCC(=O)N(C)C)Cc1ccccc1. The Morgan fingerprint density at radius 2 is 2.00 bits per heavy atom. The van der Waals surface area contributed by atoms with Gasteiger partial charge in [0.05, 0.1) is 6.61 Å². The number of hydrogen-bond donors (Lipinski definition) is 1. The lowest BCUT2D eigenvalue weighted by atomic mass is 10.1. The molecule has 4 nitrogen and oxygen atoms in total. The Hall–Kier alpha value is -1.39. The summed E-state index contributed by atoms with van der Waals surface area (Å²) in [5.41, 5.74) is 1.26. The van der Waals surface area contributed by atoms with Gasteiger partial charge in [-0.05, 0) is 19.0 Å². The van der Waals surface area contributed by atoms with E-state index in [-0.39, 0.29) is 18.6 Å². The van der Waals surface area contributed by atoms with Crippen LogP contribution in [0, 0.1) is 0 Å². The third kappa shape index (κ3) is 5.29. The van der Waals surface area contributed by atoms with E-state index in [1.165, 1.54) is 10.5 Å². The summed E-state index contributed by atoms with van der Waals surface area (Å²) in [6.07, 6.45) is 0.896. The molecular weight excluding hydrogens is 228 g/mol. The van der Waals surface area contributed by atoms with Crippen molar-refractivity contribution in [2.45, 2.75) is 12.5 Å². The lowest BCUT2D eigenvalue weighted by molar-refractivity contribution is -0.133. The minimum absolute atomic E-state index is 0.00966. The highest BCUT2D eigenvalue weighted by atomic mass is 16.5. The van der Waals surface area contributed by atoms with Crippen molar-refractivity contribution in [1.29, 1.82) is 0 Å². The van der Waals surface area contributed by atoms with Crippen LogP contribution in [0.5, 0.6) is 0 Å². The Morgan fingerprint density at radius 1 is 1.33 bits per heavy atom. The molecule has 0 heterocycles. The topological polar surface area (TPSA) is 41.6 Å². The summed E-state index contributed by atoms with van der Waals surface area (Å²) in [6, 6.07) is 10.5. The zero-order valence-electron chi connectivity index (χ0n) is 11.3. The molecule has 0 unspecified atom stereocenters. The molecule has 100 valence electrons. The first-order chi connectivity index (χ1) is 8.63. The average Bonchev–Trinajstić information content (AvgIpc) is 2.38. The predicted octanol–water partition coefficient (Wildman–Crippen LogP) is 0.922. The molecule has 0 saturated heterocycles. The third-order valence-corrected chi connectivity index (χ3v) is 2.78. The number of ether oxygens (including phenoxy) is 1. The Labute approximate surface area is 109 Å². The molecule has 0 aliphatic heterocycles. The van der Waals surface area contributed by atoms with Crippen LogP contribution in [-0.4, -0.2) is 51.2 Å². The number of benzene rings is 1. The Bertz CT molecular complexity index is 352. The highest BCUT2D eigenvalue weighted by Crippen LogP contribution is 2.03. The van der Waals surface area contributed by atoms with E-state index in [4.69, 9.17) is 4.74 Å². The van der Waals surface area contributed by atoms with Gasteiger partial charge in [0.25, 0.3) is 0 Å². The summed E-state index contributed by atoms with van der Waals surface area (Å²) in [7, 11) is 5.36. The standard InChI is InChI=1S/C14H22N2O2/c1-15-13(9-12-7-5-4-6-8-12)10-18-11-14(17)16(2)3/h4-8,13,15H,9-11H2,1-3H3/t13-/m1/s1. The molecule has 1 aromatic rings. The highest BCUT2D eigenvalue weighted by molar-refractivity contribution is 5.76. The van der Waals surface area contributed by atoms with Gasteiger partial charge >= 0.3 is 0 Å². The molecule has 0 spiro atoms. The van der Waals surface area contributed by atoms with Crippen LogP contribution in [0.25, 0.3) is 0 Å². The average molecular weight is 250 g/mol. The van der Waals surface area contributed by atoms with Crippen LogP contribution in [0.3, 0.4) is 0 Å². The van der Waals surface area contributed by atoms with Crippen molar-refractivity contribution in [3.63, 3.8) is 0 Å². The number of likely N-dealkylation sites (N-methyl/N-ethyl adjacent to an activating group) is 2. The lowest BCUT2D eigenvalue weighted by Gasteiger charge is -2.17. The monoisotopic (exact) mass is 250 g/mol. The number of rotatable bonds is 7. The van der Waals surface area contributed by atoms with Gasteiger partial charge in [0, 0.05) is 20.1 Å². The zero-order valence-corrected chi connectivity index (χ0v) is 11.3. The smallest absolute Gasteiger partial charge is 0.248 e. The number of hydrogen-bond acceptors (Lipinski definition) is 3. The van der Waals surface area contributed by atoms with Crippen LogP contribution in [0.4, 0.5) is 0 Å². The van der Waals surface area contributed by atoms with E-state index < -0.39 is 0 Å². The molecule has 18 heavy (non-hydrogen) atoms. The molecule has 1 N–H and O–H groups in total. The first-order valence-corrected chi connectivity index (χ1v) is 6.12. The molecular formula is C14H22N2O2. The van der Waals surface area contributed by atoms with Crippen molar-refractivity contribution in [3.05, 3.63) is 35.9 Å². The Morgan fingerprint density at radius 3 is 2.56 bits per heavy atom. The van der Waals surface area contributed by atoms with Crippen molar-refractivity contribution in [1.82, 2.24) is 10.2 Å². The fourth-order valence-electron chi connectivity index (χ4n) is 1.56. The maximum Gasteiger partial charge on any atom is 0.248 e. The van der Waals surface area contributed by atoms with Crippen molar-refractivity contribution >= 4 is 5.91 Å². The number of carbonyl (C=O) groups is 1. The fraction of sp³-hybridized carbons (Fsp3) is 0.500. The lowest BCUT2D eigenvalue weighted by Crippen LogP contribution is -2.34. The van der Waals surface area contributed by atoms with E-state index in [1.54, 1.807) is 14.1 Å². The minimum Gasteiger partial charge on any atom is -0.370 e. The van der Waals surface area contributed by atoms with E-state index in [9.17, 15) is 4.79 Å². The summed E-state index contributed by atoms with van der Waals surface area (Å²) in [5.74, 6) is -0.00966. The van der Waals surface area contributed by atoms with Crippen LogP contribution in [0.2, 0.25) is 0 Å². The molecule has 1 amide bonds. The molecule has 0 aliphatic carbocycles. The van der Waals surface area contributed by atoms with Crippen LogP contribution < -0.4 is 5.32 Å². The second kappa shape index (κ2) is 7.84. The molecule has 0 aliphatic rings. The highest BCUT2D eigenvalue weighted by Gasteiger charge is 2.09. The van der Waals surface area contributed by atoms with Crippen molar-refractivity contribution in [2.75, 3.05) is 34.4 Å². The van der Waals surface area contributed by atoms with Gasteiger partial charge in [0.1, 0.15) is 6.61 Å². The molecule has 1 aromatic carbocycles. The maximum absolute atomic E-state index is 11.4. The van der Waals surface area contributed by atoms with E-state index in [2.05, 4.69) is 17.4 Å². The molecule has 0 radical (unpaired) electrons. The number of carbonyl (C=O) groups excluding carboxylic acids is 1. The molecule has 0 saturated carbocycles. The van der Waals surface area contributed by atoms with E-state index in [0.29, 0.717) is 6.61 Å². The van der Waals surface area contributed by atoms with Crippen LogP contribution in [-0.2, 0) is 16.0 Å². The first kappa shape index (κ1) is 14.7. The fourth-order valence-corrected chi connectivity index (χ4v) is 1.56. The second-order valence-electron chi connectivity index (χ2n) is 4.48. The van der Waals surface area contributed by atoms with E-state index in [1.807, 2.05) is 25.2 Å². The molecule has 4 heteroatoms. The molecule has 1 rings (SSSR count). The van der Waals surface area contributed by atoms with Gasteiger partial charge in [-0.3, -0.25) is 4.79 Å². The van der Waals surface area contributed by atoms with E-state index in [0.717, 1.165) is 6.42 Å². The predicted molar refractivity (Wildman–Crippen MR) is 72.5 cm³/mol. The Kier molecular flexibility index (Phi) is 6.39. The molecule has 0 aromatic heterocycles. The Balaban J connectivity index is 2.32. The summed E-state index contributed by atoms with van der Waals surface area (Å²) in [4.78, 5) is 12.9. The van der Waals surface area contributed by atoms with Crippen molar-refractivity contribution < 1.29 is 9.53 Å². The van der Waals surface area contributed by atoms with Gasteiger partial charge in [0.2, 0.25) is 5.91 Å². The van der Waals surface area contributed by atoms with Crippen molar-refractivity contribution in [3.8, 4) is 0 Å². The van der Waals surface area contributed by atoms with Crippen LogP contribution in [0.1, 0.15) is 5.56 Å². The molecule has 0 fully saturated rings. The first-order valence-electron chi connectivity index (χ1n) is 6.12. The van der Waals surface area contributed by atoms with Gasteiger partial charge in [0.15, 0.2) is 0 Å². The molecule has 1 atom stereocenters. The second-order valence-corrected chi connectivity index (χ2v) is 4.48. The van der Waals surface area contributed by atoms with Crippen molar-refractivity contribution in [2.24, 2.45) is 0 Å². The quantitative estimate of drug-likeness (QED) is 0.782. The summed E-state index contributed by atoms with van der Waals surface area (Å²) >= 11 is 0. The minimum atomic E-state index is -0.00966. The largest absolute Gasteiger partial charge is 0.370 e. The molecule has 0 bridgehead atoms. The summed E-state index contributed by atoms with van der Waals surface area (Å²) in [5, 5.41) is 3.20. The van der Waals surface area contributed by atoms with Gasteiger partial charge in [-0.1, -0.05) is 30.3 Å². The van der Waals surface area contributed by atoms with Gasteiger partial charge in [-0.25, -0.2) is 0 Å². The summed E-state index contributed by atoms with van der Waals surface area (Å²) < 4.78 is 5.43. The number of nitrogens with one attached hydrogen (secondary N) is 1. The van der Waals surface area contributed by atoms with Gasteiger partial charge in [-0.2, -0.15) is 0 Å². The number of amides is 1. The van der Waals surface area contributed by atoms with E-state index >= 15 is 0 Å². The zero-order chi connectivity index (χ0) is 13.4. The summed E-state index contributed by atoms with van der Waals surface area (Å²) in [6.45, 7) is 0.672. The van der Waals surface area contributed by atoms with Gasteiger partial charge in [-0.15, -0.1) is 0 Å². The third-order valence-electron chi connectivity index (χ3n) is 2.78. The normalized spacial score (nSPS) is 12.2.